The first-order valence-corrected chi connectivity index (χ1v) is 5.46. The predicted octanol–water partition coefficient (Wildman–Crippen LogP) is 0.951. The first-order chi connectivity index (χ1) is 7.24. The van der Waals surface area contributed by atoms with Gasteiger partial charge in [-0.05, 0) is 12.8 Å². The molecule has 4 nitrogen and oxygen atoms in total. The molecule has 2 N–H and O–H groups in total. The number of nitrogens with two attached hydrogens (primary N) is 1. The Morgan fingerprint density at radius 2 is 2.38 bits per heavy atom. The number of likely N-dealkylation sites (tertiary alicyclic amines) is 1. The second-order valence-electron chi connectivity index (χ2n) is 3.86. The van der Waals surface area contributed by atoms with Crippen LogP contribution in [-0.2, 0) is 9.53 Å². The Bertz CT molecular complexity index is 224. The number of nitrogens with zero attached hydrogens (tertiary/aromatic N) is 1. The third-order valence-electron chi connectivity index (χ3n) is 2.49. The fourth-order valence-corrected chi connectivity index (χ4v) is 1.66. The minimum absolute atomic E-state index is 0. The van der Waals surface area contributed by atoms with E-state index >= 15 is 0 Å². The summed E-state index contributed by atoms with van der Waals surface area (Å²) in [5, 5.41) is 0. The number of halogens is 1. The van der Waals surface area contributed by atoms with Gasteiger partial charge in [-0.25, -0.2) is 0 Å². The van der Waals surface area contributed by atoms with Crippen molar-refractivity contribution in [2.75, 3.05) is 26.3 Å². The normalized spacial score (nSPS) is 19.3. The number of hydrogen-bond acceptors (Lipinski definition) is 3. The van der Waals surface area contributed by atoms with E-state index in [1.807, 2.05) is 4.90 Å². The maximum Gasteiger partial charge on any atom is 0.222 e. The van der Waals surface area contributed by atoms with E-state index in [1.54, 1.807) is 6.08 Å². The largest absolute Gasteiger partial charge is 0.377 e. The van der Waals surface area contributed by atoms with Gasteiger partial charge in [0.1, 0.15) is 0 Å². The van der Waals surface area contributed by atoms with Crippen molar-refractivity contribution >= 4 is 18.3 Å². The summed E-state index contributed by atoms with van der Waals surface area (Å²) in [5.41, 5.74) is 5.73. The molecule has 1 aliphatic rings. The summed E-state index contributed by atoms with van der Waals surface area (Å²) in [6.07, 6.45) is 3.97. The van der Waals surface area contributed by atoms with Gasteiger partial charge in [-0.3, -0.25) is 4.79 Å². The van der Waals surface area contributed by atoms with Crippen LogP contribution >= 0.6 is 12.4 Å². The Kier molecular flexibility index (Phi) is 8.25. The van der Waals surface area contributed by atoms with Gasteiger partial charge in [0.2, 0.25) is 5.91 Å². The first-order valence-electron chi connectivity index (χ1n) is 5.46. The molecule has 0 aliphatic carbocycles. The van der Waals surface area contributed by atoms with Gasteiger partial charge in [0.25, 0.3) is 0 Å². The van der Waals surface area contributed by atoms with Gasteiger partial charge in [-0.1, -0.05) is 6.08 Å². The highest BCUT2D eigenvalue weighted by molar-refractivity contribution is 5.85. The molecule has 0 aromatic heterocycles. The van der Waals surface area contributed by atoms with Crippen LogP contribution in [-0.4, -0.2) is 43.2 Å². The molecule has 0 aromatic rings. The van der Waals surface area contributed by atoms with Crippen LogP contribution < -0.4 is 5.73 Å². The molecule has 0 bridgehead atoms. The molecule has 0 aromatic carbocycles. The fraction of sp³-hybridized carbons (Fsp3) is 0.727. The van der Waals surface area contributed by atoms with E-state index in [0.717, 1.165) is 19.4 Å². The number of ether oxygens (including phenoxy) is 1. The highest BCUT2D eigenvalue weighted by atomic mass is 35.5. The summed E-state index contributed by atoms with van der Waals surface area (Å²) in [7, 11) is 0. The summed E-state index contributed by atoms with van der Waals surface area (Å²) < 4.78 is 5.20. The first kappa shape index (κ1) is 15.4. The van der Waals surface area contributed by atoms with Crippen molar-refractivity contribution in [2.24, 2.45) is 5.73 Å². The van der Waals surface area contributed by atoms with Gasteiger partial charge in [0.15, 0.2) is 0 Å². The lowest BCUT2D eigenvalue weighted by molar-refractivity contribution is -0.130. The number of carbonyl (C=O) groups excluding carboxylic acids is 1. The molecule has 1 saturated heterocycles. The second kappa shape index (κ2) is 8.56. The topological polar surface area (TPSA) is 55.6 Å². The Balaban J connectivity index is 0.00000225. The monoisotopic (exact) mass is 248 g/mol. The third kappa shape index (κ3) is 5.49. The summed E-state index contributed by atoms with van der Waals surface area (Å²) in [6, 6.07) is 0.172. The lowest BCUT2D eigenvalue weighted by atomic mass is 10.3. The van der Waals surface area contributed by atoms with Crippen molar-refractivity contribution in [3.63, 3.8) is 0 Å². The van der Waals surface area contributed by atoms with Crippen LogP contribution in [0.3, 0.4) is 0 Å². The molecule has 1 atom stereocenters. The molecular formula is C11H21ClN2O2. The minimum Gasteiger partial charge on any atom is -0.377 e. The van der Waals surface area contributed by atoms with E-state index in [9.17, 15) is 4.79 Å². The van der Waals surface area contributed by atoms with E-state index in [-0.39, 0.29) is 24.4 Å². The van der Waals surface area contributed by atoms with Crippen molar-refractivity contribution in [1.29, 1.82) is 0 Å². The number of hydrogen-bond donors (Lipinski definition) is 1. The smallest absolute Gasteiger partial charge is 0.222 e. The molecule has 0 unspecified atom stereocenters. The molecule has 0 saturated carbocycles. The molecule has 1 fully saturated rings. The van der Waals surface area contributed by atoms with E-state index in [1.165, 1.54) is 0 Å². The van der Waals surface area contributed by atoms with Gasteiger partial charge in [-0.2, -0.15) is 0 Å². The van der Waals surface area contributed by atoms with Gasteiger partial charge < -0.3 is 15.4 Å². The van der Waals surface area contributed by atoms with Crippen molar-refractivity contribution in [3.8, 4) is 0 Å². The molecule has 94 valence electrons. The standard InChI is InChI=1S/C11H20N2O2.ClH/c1-2-7-15-8-3-4-11(14)13-6-5-10(12)9-13;/h2,10H,1,3-9,12H2;1H/t10-;/m1./s1. The Morgan fingerprint density at radius 3 is 2.94 bits per heavy atom. The fourth-order valence-electron chi connectivity index (χ4n) is 1.66. The van der Waals surface area contributed by atoms with Crippen LogP contribution in [0, 0.1) is 0 Å². The van der Waals surface area contributed by atoms with Crippen LogP contribution in [0.15, 0.2) is 12.7 Å². The van der Waals surface area contributed by atoms with E-state index in [2.05, 4.69) is 6.58 Å². The van der Waals surface area contributed by atoms with Gasteiger partial charge >= 0.3 is 0 Å². The van der Waals surface area contributed by atoms with E-state index in [4.69, 9.17) is 10.5 Å². The zero-order valence-electron chi connectivity index (χ0n) is 9.56. The maximum atomic E-state index is 11.6. The quantitative estimate of drug-likeness (QED) is 0.563. The molecule has 1 rings (SSSR count). The Labute approximate surface area is 103 Å². The van der Waals surface area contributed by atoms with Crippen molar-refractivity contribution < 1.29 is 9.53 Å². The van der Waals surface area contributed by atoms with Crippen LogP contribution in [0.4, 0.5) is 0 Å². The predicted molar refractivity (Wildman–Crippen MR) is 66.7 cm³/mol. The second-order valence-corrected chi connectivity index (χ2v) is 3.86. The maximum absolute atomic E-state index is 11.6. The molecular weight excluding hydrogens is 228 g/mol. The molecule has 0 spiro atoms. The van der Waals surface area contributed by atoms with Crippen LogP contribution in [0.5, 0.6) is 0 Å². The number of amides is 1. The van der Waals surface area contributed by atoms with Crippen LogP contribution in [0.1, 0.15) is 19.3 Å². The molecule has 1 aliphatic heterocycles. The Hall–Kier alpha value is -0.580. The minimum atomic E-state index is 0. The zero-order valence-corrected chi connectivity index (χ0v) is 10.4. The van der Waals surface area contributed by atoms with Crippen molar-refractivity contribution in [3.05, 3.63) is 12.7 Å². The SMILES string of the molecule is C=CCOCCCC(=O)N1CC[C@@H](N)C1.Cl. The number of carbonyl (C=O) groups is 1. The molecule has 16 heavy (non-hydrogen) atoms. The molecule has 1 amide bonds. The summed E-state index contributed by atoms with van der Waals surface area (Å²) in [6.45, 7) is 6.26. The third-order valence-corrected chi connectivity index (χ3v) is 2.49. The molecule has 5 heteroatoms. The average Bonchev–Trinajstić information content (AvgIpc) is 2.64. The van der Waals surface area contributed by atoms with Gasteiger partial charge in [0, 0.05) is 32.2 Å². The summed E-state index contributed by atoms with van der Waals surface area (Å²) in [5.74, 6) is 0.199. The Morgan fingerprint density at radius 1 is 1.62 bits per heavy atom. The zero-order chi connectivity index (χ0) is 11.1. The lowest BCUT2D eigenvalue weighted by Gasteiger charge is -2.15. The van der Waals surface area contributed by atoms with Gasteiger partial charge in [0.05, 0.1) is 6.61 Å². The summed E-state index contributed by atoms with van der Waals surface area (Å²) in [4.78, 5) is 13.5. The van der Waals surface area contributed by atoms with Crippen molar-refractivity contribution in [1.82, 2.24) is 4.90 Å². The van der Waals surface area contributed by atoms with E-state index in [0.29, 0.717) is 26.2 Å². The highest BCUT2D eigenvalue weighted by Gasteiger charge is 2.22. The molecule has 1 heterocycles. The summed E-state index contributed by atoms with van der Waals surface area (Å²) >= 11 is 0. The average molecular weight is 249 g/mol. The van der Waals surface area contributed by atoms with Gasteiger partial charge in [-0.15, -0.1) is 19.0 Å². The van der Waals surface area contributed by atoms with Crippen LogP contribution in [0.2, 0.25) is 0 Å². The van der Waals surface area contributed by atoms with Crippen LogP contribution in [0.25, 0.3) is 0 Å². The molecule has 0 radical (unpaired) electrons. The number of rotatable bonds is 6. The highest BCUT2D eigenvalue weighted by Crippen LogP contribution is 2.09. The van der Waals surface area contributed by atoms with Crippen molar-refractivity contribution in [2.45, 2.75) is 25.3 Å². The lowest BCUT2D eigenvalue weighted by Crippen LogP contribution is -2.31. The van der Waals surface area contributed by atoms with E-state index < -0.39 is 0 Å².